The van der Waals surface area contributed by atoms with Crippen molar-refractivity contribution in [1.82, 2.24) is 4.90 Å². The number of carbonyl (C=O) groups is 1. The van der Waals surface area contributed by atoms with Crippen LogP contribution < -0.4 is 10.5 Å². The van der Waals surface area contributed by atoms with E-state index >= 15 is 0 Å². The van der Waals surface area contributed by atoms with Crippen molar-refractivity contribution in [3.63, 3.8) is 0 Å². The lowest BCUT2D eigenvalue weighted by atomic mass is 10.2. The highest BCUT2D eigenvalue weighted by molar-refractivity contribution is 6.31. The zero-order chi connectivity index (χ0) is 12.8. The molecular formula is C12H17ClN2O2. The molecule has 0 heterocycles. The lowest BCUT2D eigenvalue weighted by Crippen LogP contribution is -2.23. The Labute approximate surface area is 106 Å². The van der Waals surface area contributed by atoms with Crippen molar-refractivity contribution >= 4 is 17.5 Å². The second-order valence-electron chi connectivity index (χ2n) is 3.81. The van der Waals surface area contributed by atoms with Gasteiger partial charge in [0.15, 0.2) is 0 Å². The van der Waals surface area contributed by atoms with Gasteiger partial charge in [-0.2, -0.15) is 0 Å². The molecule has 1 aromatic rings. The molecule has 0 aromatic heterocycles. The van der Waals surface area contributed by atoms with Crippen LogP contribution in [-0.4, -0.2) is 31.5 Å². The summed E-state index contributed by atoms with van der Waals surface area (Å²) < 4.78 is 5.52. The molecular weight excluding hydrogens is 240 g/mol. The summed E-state index contributed by atoms with van der Waals surface area (Å²) in [5, 5.41) is 0.587. The van der Waals surface area contributed by atoms with Gasteiger partial charge in [-0.3, -0.25) is 4.79 Å². The fourth-order valence-corrected chi connectivity index (χ4v) is 1.59. The molecule has 0 saturated carbocycles. The molecule has 1 rings (SSSR count). The predicted octanol–water partition coefficient (Wildman–Crippen LogP) is 1.66. The number of nitrogens with two attached hydrogens (primary N) is 1. The van der Waals surface area contributed by atoms with Crippen LogP contribution in [0, 0.1) is 0 Å². The lowest BCUT2D eigenvalue weighted by Gasteiger charge is -2.13. The summed E-state index contributed by atoms with van der Waals surface area (Å²) in [7, 11) is 3.43. The first-order chi connectivity index (χ1) is 8.06. The monoisotopic (exact) mass is 256 g/mol. The molecule has 1 aromatic carbocycles. The van der Waals surface area contributed by atoms with Crippen LogP contribution in [0.5, 0.6) is 5.75 Å². The molecule has 0 fully saturated rings. The molecule has 0 aliphatic carbocycles. The summed E-state index contributed by atoms with van der Waals surface area (Å²) in [6.45, 7) is 0.640. The predicted molar refractivity (Wildman–Crippen MR) is 68.1 cm³/mol. The van der Waals surface area contributed by atoms with E-state index in [1.807, 2.05) is 0 Å². The Morgan fingerprint density at radius 3 is 2.76 bits per heavy atom. The topological polar surface area (TPSA) is 55.6 Å². The molecule has 0 aliphatic rings. The summed E-state index contributed by atoms with van der Waals surface area (Å²) in [6, 6.07) is 5.36. The van der Waals surface area contributed by atoms with Crippen molar-refractivity contribution in [3.8, 4) is 5.75 Å². The Morgan fingerprint density at radius 2 is 2.18 bits per heavy atom. The number of hydrogen-bond acceptors (Lipinski definition) is 3. The van der Waals surface area contributed by atoms with Crippen LogP contribution in [0.2, 0.25) is 5.02 Å². The summed E-state index contributed by atoms with van der Waals surface area (Å²) >= 11 is 5.99. The minimum Gasteiger partial charge on any atom is -0.493 e. The van der Waals surface area contributed by atoms with E-state index < -0.39 is 0 Å². The number of carbonyl (C=O) groups excluding carboxylic acids is 1. The van der Waals surface area contributed by atoms with E-state index in [1.165, 1.54) is 4.90 Å². The highest BCUT2D eigenvalue weighted by atomic mass is 35.5. The molecule has 0 atom stereocenters. The fraction of sp³-hybridized carbons (Fsp3) is 0.417. The van der Waals surface area contributed by atoms with E-state index in [2.05, 4.69) is 0 Å². The van der Waals surface area contributed by atoms with Crippen molar-refractivity contribution in [2.24, 2.45) is 5.73 Å². The molecule has 5 heteroatoms. The van der Waals surface area contributed by atoms with Gasteiger partial charge in [0, 0.05) is 31.2 Å². The van der Waals surface area contributed by atoms with Gasteiger partial charge in [-0.05, 0) is 12.1 Å². The average molecular weight is 257 g/mol. The largest absolute Gasteiger partial charge is 0.493 e. The Kier molecular flexibility index (Phi) is 5.25. The van der Waals surface area contributed by atoms with E-state index in [0.29, 0.717) is 30.3 Å². The van der Waals surface area contributed by atoms with Gasteiger partial charge >= 0.3 is 0 Å². The lowest BCUT2D eigenvalue weighted by molar-refractivity contribution is -0.129. The number of rotatable bonds is 5. The van der Waals surface area contributed by atoms with Crippen LogP contribution in [0.15, 0.2) is 18.2 Å². The third-order valence-corrected chi connectivity index (χ3v) is 2.71. The second kappa shape index (κ2) is 6.47. The van der Waals surface area contributed by atoms with Gasteiger partial charge in [-0.1, -0.05) is 17.7 Å². The van der Waals surface area contributed by atoms with Crippen LogP contribution in [0.4, 0.5) is 0 Å². The number of halogens is 1. The quantitative estimate of drug-likeness (QED) is 0.872. The van der Waals surface area contributed by atoms with Gasteiger partial charge in [-0.15, -0.1) is 0 Å². The van der Waals surface area contributed by atoms with Crippen LogP contribution in [-0.2, 0) is 11.3 Å². The van der Waals surface area contributed by atoms with Crippen molar-refractivity contribution in [2.75, 3.05) is 20.7 Å². The Hall–Kier alpha value is -1.26. The summed E-state index contributed by atoms with van der Waals surface area (Å²) in [5.41, 5.74) is 6.36. The molecule has 0 bridgehead atoms. The summed E-state index contributed by atoms with van der Waals surface area (Å²) in [6.07, 6.45) is 0.337. The Morgan fingerprint density at radius 1 is 1.47 bits per heavy atom. The molecule has 0 unspecified atom stereocenters. The highest BCUT2D eigenvalue weighted by Gasteiger charge is 2.08. The van der Waals surface area contributed by atoms with Crippen LogP contribution >= 0.6 is 11.6 Å². The molecule has 94 valence electrons. The van der Waals surface area contributed by atoms with Crippen molar-refractivity contribution in [1.29, 1.82) is 0 Å². The van der Waals surface area contributed by atoms with Gasteiger partial charge in [-0.25, -0.2) is 0 Å². The third-order valence-electron chi connectivity index (χ3n) is 2.35. The van der Waals surface area contributed by atoms with Gasteiger partial charge in [0.2, 0.25) is 5.91 Å². The highest BCUT2D eigenvalue weighted by Crippen LogP contribution is 2.25. The molecule has 4 nitrogen and oxygen atoms in total. The van der Waals surface area contributed by atoms with Crippen molar-refractivity contribution in [2.45, 2.75) is 13.0 Å². The molecule has 0 radical (unpaired) electrons. The first-order valence-corrected chi connectivity index (χ1v) is 5.74. The third kappa shape index (κ3) is 3.91. The van der Waals surface area contributed by atoms with Crippen molar-refractivity contribution < 1.29 is 9.53 Å². The van der Waals surface area contributed by atoms with E-state index in [9.17, 15) is 4.79 Å². The maximum atomic E-state index is 11.3. The Bertz CT molecular complexity index is 394. The Balaban J connectivity index is 2.58. The van der Waals surface area contributed by atoms with E-state index in [0.717, 1.165) is 5.56 Å². The smallest absolute Gasteiger partial charge is 0.225 e. The van der Waals surface area contributed by atoms with Crippen LogP contribution in [0.3, 0.4) is 0 Å². The van der Waals surface area contributed by atoms with Gasteiger partial charge < -0.3 is 15.4 Å². The van der Waals surface area contributed by atoms with E-state index in [-0.39, 0.29) is 5.91 Å². The first kappa shape index (κ1) is 13.8. The molecule has 0 saturated heterocycles. The van der Waals surface area contributed by atoms with E-state index in [4.69, 9.17) is 22.1 Å². The number of benzene rings is 1. The summed E-state index contributed by atoms with van der Waals surface area (Å²) in [4.78, 5) is 12.9. The number of nitrogens with zero attached hydrogens (tertiary/aromatic N) is 1. The van der Waals surface area contributed by atoms with Gasteiger partial charge in [0.05, 0.1) is 13.0 Å². The molecule has 17 heavy (non-hydrogen) atoms. The van der Waals surface area contributed by atoms with Gasteiger partial charge in [0.25, 0.3) is 0 Å². The summed E-state index contributed by atoms with van der Waals surface area (Å²) in [5.74, 6) is 0.674. The molecule has 2 N–H and O–H groups in total. The number of hydrogen-bond donors (Lipinski definition) is 1. The first-order valence-electron chi connectivity index (χ1n) is 5.36. The zero-order valence-electron chi connectivity index (χ0n) is 10.1. The van der Waals surface area contributed by atoms with E-state index in [1.54, 1.807) is 32.3 Å². The standard InChI is InChI=1S/C12H17ClN2O2/c1-15(2)12(16)6-7-17-11-5-3-4-10(13)9(11)8-14/h3-5H,6-8,14H2,1-2H3. The van der Waals surface area contributed by atoms with Crippen LogP contribution in [0.1, 0.15) is 12.0 Å². The maximum Gasteiger partial charge on any atom is 0.225 e. The fourth-order valence-electron chi connectivity index (χ4n) is 1.34. The minimum absolute atomic E-state index is 0.0290. The number of ether oxygens (including phenoxy) is 1. The molecule has 0 spiro atoms. The van der Waals surface area contributed by atoms with Crippen LogP contribution in [0.25, 0.3) is 0 Å². The molecule has 0 aliphatic heterocycles. The number of amides is 1. The van der Waals surface area contributed by atoms with Crippen molar-refractivity contribution in [3.05, 3.63) is 28.8 Å². The minimum atomic E-state index is 0.0290. The molecule has 1 amide bonds. The SMILES string of the molecule is CN(C)C(=O)CCOc1cccc(Cl)c1CN. The normalized spacial score (nSPS) is 10.1. The average Bonchev–Trinajstić information content (AvgIpc) is 2.29. The maximum absolute atomic E-state index is 11.3. The zero-order valence-corrected chi connectivity index (χ0v) is 10.8. The second-order valence-corrected chi connectivity index (χ2v) is 4.21. The van der Waals surface area contributed by atoms with Gasteiger partial charge in [0.1, 0.15) is 5.75 Å².